The average molecular weight is 277 g/mol. The number of nitrogens with one attached hydrogen (secondary N) is 1. The first-order valence-electron chi connectivity index (χ1n) is 6.38. The van der Waals surface area contributed by atoms with E-state index in [1.807, 2.05) is 24.3 Å². The van der Waals surface area contributed by atoms with Gasteiger partial charge in [0, 0.05) is 0 Å². The quantitative estimate of drug-likeness (QED) is 0.819. The number of carbonyl (C=O) groups is 1. The summed E-state index contributed by atoms with van der Waals surface area (Å²) >= 11 is 0. The summed E-state index contributed by atoms with van der Waals surface area (Å²) in [6, 6.07) is 5.43. The van der Waals surface area contributed by atoms with Crippen molar-refractivity contribution in [3.8, 4) is 11.5 Å². The van der Waals surface area contributed by atoms with Crippen LogP contribution in [0.25, 0.3) is 0 Å². The zero-order valence-electron chi connectivity index (χ0n) is 10.8. The fraction of sp³-hybridized carbons (Fsp3) is 0.357. The maximum Gasteiger partial charge on any atom is 0.231 e. The molecule has 2 aliphatic heterocycles. The van der Waals surface area contributed by atoms with Crippen LogP contribution in [0.3, 0.4) is 0 Å². The van der Waals surface area contributed by atoms with E-state index in [2.05, 4.69) is 5.48 Å². The Kier molecular flexibility index (Phi) is 3.85. The molecule has 0 aliphatic carbocycles. The van der Waals surface area contributed by atoms with Gasteiger partial charge in [0.2, 0.25) is 6.79 Å². The van der Waals surface area contributed by atoms with E-state index in [1.54, 1.807) is 0 Å². The number of rotatable bonds is 5. The van der Waals surface area contributed by atoms with E-state index in [4.69, 9.17) is 19.0 Å². The molecule has 1 aromatic rings. The van der Waals surface area contributed by atoms with Gasteiger partial charge in [0.15, 0.2) is 11.5 Å². The standard InChI is InChI=1S/C14H15NO5/c16-6-11-2-3-12(20-15-11)8-17-7-10-1-4-13-14(5-10)19-9-18-13/h1,3-6,11,15H,2,7-9H2. The first-order valence-corrected chi connectivity index (χ1v) is 6.38. The van der Waals surface area contributed by atoms with Gasteiger partial charge in [-0.2, -0.15) is 0 Å². The largest absolute Gasteiger partial charge is 0.454 e. The van der Waals surface area contributed by atoms with Crippen LogP contribution in [0, 0.1) is 0 Å². The van der Waals surface area contributed by atoms with Crippen molar-refractivity contribution in [1.29, 1.82) is 0 Å². The number of benzene rings is 1. The van der Waals surface area contributed by atoms with Gasteiger partial charge < -0.3 is 23.8 Å². The van der Waals surface area contributed by atoms with Crippen LogP contribution in [0.4, 0.5) is 0 Å². The molecule has 1 atom stereocenters. The number of ether oxygens (including phenoxy) is 3. The molecule has 1 N–H and O–H groups in total. The van der Waals surface area contributed by atoms with Crippen molar-refractivity contribution >= 4 is 6.29 Å². The lowest BCUT2D eigenvalue weighted by molar-refractivity contribution is -0.113. The van der Waals surface area contributed by atoms with Gasteiger partial charge >= 0.3 is 0 Å². The van der Waals surface area contributed by atoms with Crippen LogP contribution in [0.15, 0.2) is 30.0 Å². The smallest absolute Gasteiger partial charge is 0.231 e. The van der Waals surface area contributed by atoms with E-state index in [9.17, 15) is 4.79 Å². The predicted molar refractivity (Wildman–Crippen MR) is 69.0 cm³/mol. The first kappa shape index (κ1) is 13.0. The summed E-state index contributed by atoms with van der Waals surface area (Å²) in [5.74, 6) is 2.19. The van der Waals surface area contributed by atoms with Crippen LogP contribution >= 0.6 is 0 Å². The van der Waals surface area contributed by atoms with Gasteiger partial charge in [-0.25, -0.2) is 0 Å². The van der Waals surface area contributed by atoms with E-state index in [0.717, 1.165) is 23.3 Å². The summed E-state index contributed by atoms with van der Waals surface area (Å²) in [5.41, 5.74) is 3.65. The molecule has 0 radical (unpaired) electrons. The molecule has 0 amide bonds. The van der Waals surface area contributed by atoms with E-state index in [-0.39, 0.29) is 12.8 Å². The molecule has 0 saturated carbocycles. The minimum atomic E-state index is -0.271. The number of hydroxylamine groups is 1. The molecule has 0 fully saturated rings. The van der Waals surface area contributed by atoms with Gasteiger partial charge in [-0.3, -0.25) is 0 Å². The van der Waals surface area contributed by atoms with Gasteiger partial charge in [-0.05, 0) is 30.2 Å². The second kappa shape index (κ2) is 5.94. The van der Waals surface area contributed by atoms with Crippen molar-refractivity contribution in [2.45, 2.75) is 19.1 Å². The Morgan fingerprint density at radius 3 is 3.00 bits per heavy atom. The molecule has 106 valence electrons. The number of hydrogen-bond donors (Lipinski definition) is 1. The van der Waals surface area contributed by atoms with E-state index >= 15 is 0 Å². The van der Waals surface area contributed by atoms with Gasteiger partial charge in [-0.15, -0.1) is 5.48 Å². The summed E-state index contributed by atoms with van der Waals surface area (Å²) in [6.07, 6.45) is 3.29. The Morgan fingerprint density at radius 1 is 1.30 bits per heavy atom. The Hall–Kier alpha value is -2.05. The Balaban J connectivity index is 1.48. The summed E-state index contributed by atoms with van der Waals surface area (Å²) in [4.78, 5) is 15.7. The van der Waals surface area contributed by atoms with Crippen LogP contribution in [0.5, 0.6) is 11.5 Å². The lowest BCUT2D eigenvalue weighted by atomic mass is 10.2. The van der Waals surface area contributed by atoms with Crippen molar-refractivity contribution in [2.75, 3.05) is 13.4 Å². The zero-order chi connectivity index (χ0) is 13.8. The van der Waals surface area contributed by atoms with Crippen molar-refractivity contribution in [2.24, 2.45) is 0 Å². The molecule has 0 aromatic heterocycles. The lowest BCUT2D eigenvalue weighted by Gasteiger charge is -2.19. The Bertz CT molecular complexity index is 528. The van der Waals surface area contributed by atoms with Gasteiger partial charge in [0.05, 0.1) is 6.61 Å². The molecule has 3 rings (SSSR count). The third-order valence-electron chi connectivity index (χ3n) is 3.06. The molecule has 1 aromatic carbocycles. The molecular formula is C14H15NO5. The van der Waals surface area contributed by atoms with Crippen molar-refractivity contribution in [1.82, 2.24) is 5.48 Å². The molecule has 1 unspecified atom stereocenters. The van der Waals surface area contributed by atoms with Gasteiger partial charge in [0.1, 0.15) is 24.7 Å². The number of carbonyl (C=O) groups excluding carboxylic acids is 1. The monoisotopic (exact) mass is 277 g/mol. The molecule has 0 bridgehead atoms. The first-order chi connectivity index (χ1) is 9.85. The predicted octanol–water partition coefficient (Wildman–Crippen LogP) is 1.31. The minimum Gasteiger partial charge on any atom is -0.454 e. The third kappa shape index (κ3) is 2.92. The van der Waals surface area contributed by atoms with Gasteiger partial charge in [0.25, 0.3) is 0 Å². The van der Waals surface area contributed by atoms with Crippen LogP contribution in [-0.4, -0.2) is 25.7 Å². The maximum absolute atomic E-state index is 10.5. The number of hydrogen-bond acceptors (Lipinski definition) is 6. The van der Waals surface area contributed by atoms with E-state index in [1.165, 1.54) is 0 Å². The molecule has 6 heteroatoms. The van der Waals surface area contributed by atoms with Crippen molar-refractivity contribution in [3.05, 3.63) is 35.6 Å². The van der Waals surface area contributed by atoms with E-state index in [0.29, 0.717) is 25.4 Å². The Labute approximate surface area is 116 Å². The molecular weight excluding hydrogens is 262 g/mol. The third-order valence-corrected chi connectivity index (χ3v) is 3.06. The number of aldehydes is 1. The molecule has 20 heavy (non-hydrogen) atoms. The number of fused-ring (bicyclic) bond motifs is 1. The lowest BCUT2D eigenvalue weighted by Crippen LogP contribution is -2.33. The van der Waals surface area contributed by atoms with Crippen molar-refractivity contribution < 1.29 is 23.8 Å². The van der Waals surface area contributed by atoms with Crippen LogP contribution in [0.2, 0.25) is 0 Å². The summed E-state index contributed by atoms with van der Waals surface area (Å²) in [7, 11) is 0. The SMILES string of the molecule is O=CC1CC=C(COCc2ccc3c(c2)OCO3)ON1. The molecule has 2 aliphatic rings. The van der Waals surface area contributed by atoms with Crippen LogP contribution in [0.1, 0.15) is 12.0 Å². The normalized spacial score (nSPS) is 20.2. The highest BCUT2D eigenvalue weighted by molar-refractivity contribution is 5.57. The second-order valence-electron chi connectivity index (χ2n) is 4.55. The summed E-state index contributed by atoms with van der Waals surface area (Å²) in [6.45, 7) is 1.07. The second-order valence-corrected chi connectivity index (χ2v) is 4.55. The minimum absolute atomic E-state index is 0.268. The molecule has 2 heterocycles. The Morgan fingerprint density at radius 2 is 2.20 bits per heavy atom. The van der Waals surface area contributed by atoms with Gasteiger partial charge in [-0.1, -0.05) is 6.07 Å². The topological polar surface area (TPSA) is 66.0 Å². The summed E-state index contributed by atoms with van der Waals surface area (Å²) in [5, 5.41) is 0. The van der Waals surface area contributed by atoms with Crippen LogP contribution in [-0.2, 0) is 21.0 Å². The highest BCUT2D eigenvalue weighted by Gasteiger charge is 2.15. The highest BCUT2D eigenvalue weighted by Crippen LogP contribution is 2.32. The highest BCUT2D eigenvalue weighted by atomic mass is 16.7. The fourth-order valence-corrected chi connectivity index (χ4v) is 1.97. The molecule has 0 spiro atoms. The molecule has 0 saturated heterocycles. The van der Waals surface area contributed by atoms with E-state index < -0.39 is 0 Å². The summed E-state index contributed by atoms with van der Waals surface area (Å²) < 4.78 is 16.1. The van der Waals surface area contributed by atoms with Crippen LogP contribution < -0.4 is 15.0 Å². The molecule has 6 nitrogen and oxygen atoms in total. The average Bonchev–Trinajstić information content (AvgIpc) is 2.95. The fourth-order valence-electron chi connectivity index (χ4n) is 1.97. The maximum atomic E-state index is 10.5. The zero-order valence-corrected chi connectivity index (χ0v) is 10.8. The van der Waals surface area contributed by atoms with Crippen molar-refractivity contribution in [3.63, 3.8) is 0 Å².